The Morgan fingerprint density at radius 3 is 2.34 bits per heavy atom. The van der Waals surface area contributed by atoms with E-state index in [1.165, 1.54) is 0 Å². The Balaban J connectivity index is 1.75. The van der Waals surface area contributed by atoms with Gasteiger partial charge in [-0.05, 0) is 60.6 Å². The molecule has 0 spiro atoms. The summed E-state index contributed by atoms with van der Waals surface area (Å²) in [5, 5.41) is 21.3. The average Bonchev–Trinajstić information content (AvgIpc) is 2.85. The Morgan fingerprint density at radius 1 is 1.00 bits per heavy atom. The van der Waals surface area contributed by atoms with Crippen LogP contribution in [0.5, 0.6) is 0 Å². The molecule has 1 aliphatic carbocycles. The van der Waals surface area contributed by atoms with Crippen molar-refractivity contribution in [1.29, 1.82) is 5.26 Å². The number of amides is 1. The van der Waals surface area contributed by atoms with Crippen LogP contribution in [0.25, 0.3) is 0 Å². The molecule has 0 saturated heterocycles. The van der Waals surface area contributed by atoms with Crippen molar-refractivity contribution in [2.24, 2.45) is 0 Å². The predicted octanol–water partition coefficient (Wildman–Crippen LogP) is 3.98. The van der Waals surface area contributed by atoms with Gasteiger partial charge < -0.3 is 15.0 Å². The zero-order chi connectivity index (χ0) is 24.8. The number of fused-ring (bicyclic) bond motifs is 1. The van der Waals surface area contributed by atoms with Gasteiger partial charge in [-0.2, -0.15) is 5.26 Å². The van der Waals surface area contributed by atoms with Crippen molar-refractivity contribution in [3.05, 3.63) is 105 Å². The summed E-state index contributed by atoms with van der Waals surface area (Å²) in [7, 11) is 0. The molecule has 0 aliphatic heterocycles. The van der Waals surface area contributed by atoms with Crippen LogP contribution < -0.4 is 10.9 Å². The number of nitrogens with zero attached hydrogens (tertiary/aromatic N) is 2. The minimum Gasteiger partial charge on any atom is -0.479 e. The lowest BCUT2D eigenvalue weighted by molar-refractivity contribution is -0.139. The summed E-state index contributed by atoms with van der Waals surface area (Å²) in [6.07, 6.45) is 5.59. The van der Waals surface area contributed by atoms with Crippen LogP contribution in [0.1, 0.15) is 70.0 Å². The molecule has 35 heavy (non-hydrogen) atoms. The Morgan fingerprint density at radius 2 is 1.69 bits per heavy atom. The summed E-state index contributed by atoms with van der Waals surface area (Å²) in [5.74, 6) is -1.90. The number of aromatic nitrogens is 1. The van der Waals surface area contributed by atoms with Gasteiger partial charge in [0.2, 0.25) is 0 Å². The van der Waals surface area contributed by atoms with Gasteiger partial charge in [0, 0.05) is 5.69 Å². The van der Waals surface area contributed by atoms with Crippen molar-refractivity contribution in [3.8, 4) is 6.07 Å². The monoisotopic (exact) mass is 469 g/mol. The van der Waals surface area contributed by atoms with Gasteiger partial charge in [0.05, 0.1) is 18.2 Å². The van der Waals surface area contributed by atoms with Crippen LogP contribution >= 0.6 is 0 Å². The van der Waals surface area contributed by atoms with E-state index < -0.39 is 23.5 Å². The molecule has 0 radical (unpaired) electrons. The number of carboxylic acid groups (broad SMARTS) is 1. The number of hydrogen-bond acceptors (Lipinski definition) is 4. The molecule has 1 unspecified atom stereocenters. The lowest BCUT2D eigenvalue weighted by atomic mass is 9.95. The first-order valence-electron chi connectivity index (χ1n) is 11.8. The number of carbonyl (C=O) groups excluding carboxylic acids is 1. The minimum absolute atomic E-state index is 0.0554. The topological polar surface area (TPSA) is 112 Å². The maximum absolute atomic E-state index is 13.6. The zero-order valence-electron chi connectivity index (χ0n) is 19.4. The highest BCUT2D eigenvalue weighted by molar-refractivity contribution is 5.96. The van der Waals surface area contributed by atoms with E-state index in [-0.39, 0.29) is 12.1 Å². The van der Waals surface area contributed by atoms with Crippen molar-refractivity contribution in [3.63, 3.8) is 0 Å². The van der Waals surface area contributed by atoms with E-state index in [1.807, 2.05) is 12.1 Å². The highest BCUT2D eigenvalue weighted by atomic mass is 16.4. The largest absolute Gasteiger partial charge is 0.479 e. The molecule has 7 nitrogen and oxygen atoms in total. The molecule has 0 fully saturated rings. The van der Waals surface area contributed by atoms with E-state index in [9.17, 15) is 19.5 Å². The number of aliphatic carboxylic acids is 1. The fourth-order valence-corrected chi connectivity index (χ4v) is 4.57. The lowest BCUT2D eigenvalue weighted by Crippen LogP contribution is -2.39. The van der Waals surface area contributed by atoms with Crippen LogP contribution in [0.4, 0.5) is 0 Å². The van der Waals surface area contributed by atoms with Crippen LogP contribution in [0.15, 0.2) is 65.5 Å². The predicted molar refractivity (Wildman–Crippen MR) is 131 cm³/mol. The van der Waals surface area contributed by atoms with Crippen LogP contribution in [0.2, 0.25) is 0 Å². The van der Waals surface area contributed by atoms with Crippen molar-refractivity contribution in [2.75, 3.05) is 0 Å². The van der Waals surface area contributed by atoms with Gasteiger partial charge in [0.1, 0.15) is 5.56 Å². The zero-order valence-corrected chi connectivity index (χ0v) is 19.4. The molecule has 1 aliphatic rings. The molecule has 0 bridgehead atoms. The third-order valence-electron chi connectivity index (χ3n) is 6.42. The molecule has 3 aromatic rings. The van der Waals surface area contributed by atoms with Crippen molar-refractivity contribution in [2.45, 2.75) is 51.1 Å². The maximum atomic E-state index is 13.6. The fraction of sp³-hybridized carbons (Fsp3) is 0.286. The number of nitriles is 1. The molecule has 2 N–H and O–H groups in total. The molecule has 1 atom stereocenters. The van der Waals surface area contributed by atoms with E-state index in [2.05, 4.69) is 11.4 Å². The first kappa shape index (κ1) is 24.0. The normalized spacial score (nSPS) is 14.0. The second kappa shape index (κ2) is 10.8. The Hall–Kier alpha value is -4.18. The number of aryl methyl sites for hydroxylation is 1. The Bertz CT molecular complexity index is 1320. The summed E-state index contributed by atoms with van der Waals surface area (Å²) in [6, 6.07) is 17.9. The number of rotatable bonds is 6. The SMILES string of the molecule is N#Cc1ccc(Cn2c3c(cc(C(=O)NC(C(=O)O)c4ccccc4)c2=O)CCCCCC3)cc1. The molecular formula is C28H27N3O4. The third kappa shape index (κ3) is 5.49. The number of carbonyl (C=O) groups is 2. The van der Waals surface area contributed by atoms with Crippen molar-refractivity contribution >= 4 is 11.9 Å². The van der Waals surface area contributed by atoms with E-state index in [1.54, 1.807) is 53.1 Å². The van der Waals surface area contributed by atoms with E-state index in [0.717, 1.165) is 55.3 Å². The van der Waals surface area contributed by atoms with Gasteiger partial charge in [-0.1, -0.05) is 55.3 Å². The average molecular weight is 470 g/mol. The summed E-state index contributed by atoms with van der Waals surface area (Å²) in [5.41, 5.74) is 3.19. The Labute approximate surface area is 203 Å². The number of nitrogens with one attached hydrogen (secondary N) is 1. The van der Waals surface area contributed by atoms with E-state index in [4.69, 9.17) is 5.26 Å². The molecule has 7 heteroatoms. The second-order valence-corrected chi connectivity index (χ2v) is 8.80. The molecular weight excluding hydrogens is 442 g/mol. The van der Waals surface area contributed by atoms with E-state index in [0.29, 0.717) is 11.1 Å². The number of benzene rings is 2. The number of carboxylic acids is 1. The van der Waals surface area contributed by atoms with Crippen LogP contribution in [-0.4, -0.2) is 21.6 Å². The molecule has 2 aromatic carbocycles. The van der Waals surface area contributed by atoms with Crippen LogP contribution in [0, 0.1) is 11.3 Å². The number of pyridine rings is 1. The lowest BCUT2D eigenvalue weighted by Gasteiger charge is -2.22. The van der Waals surface area contributed by atoms with Crippen LogP contribution in [0.3, 0.4) is 0 Å². The van der Waals surface area contributed by atoms with Gasteiger partial charge in [0.15, 0.2) is 6.04 Å². The van der Waals surface area contributed by atoms with Gasteiger partial charge >= 0.3 is 5.97 Å². The van der Waals surface area contributed by atoms with Crippen molar-refractivity contribution in [1.82, 2.24) is 9.88 Å². The molecule has 0 saturated carbocycles. The van der Waals surface area contributed by atoms with Gasteiger partial charge in [-0.25, -0.2) is 4.79 Å². The highest BCUT2D eigenvalue weighted by Crippen LogP contribution is 2.22. The highest BCUT2D eigenvalue weighted by Gasteiger charge is 2.26. The number of hydrogen-bond donors (Lipinski definition) is 2. The molecule has 4 rings (SSSR count). The van der Waals surface area contributed by atoms with E-state index >= 15 is 0 Å². The molecule has 1 aromatic heterocycles. The quantitative estimate of drug-likeness (QED) is 0.567. The molecule has 1 heterocycles. The minimum atomic E-state index is -1.27. The van der Waals surface area contributed by atoms with Gasteiger partial charge in [0.25, 0.3) is 11.5 Å². The first-order valence-corrected chi connectivity index (χ1v) is 11.8. The summed E-state index contributed by atoms with van der Waals surface area (Å²) in [4.78, 5) is 38.8. The fourth-order valence-electron chi connectivity index (χ4n) is 4.57. The summed E-state index contributed by atoms with van der Waals surface area (Å²) in [6.45, 7) is 0.273. The Kier molecular flexibility index (Phi) is 7.41. The first-order chi connectivity index (χ1) is 17.0. The van der Waals surface area contributed by atoms with Crippen LogP contribution in [-0.2, 0) is 24.2 Å². The molecule has 1 amide bonds. The third-order valence-corrected chi connectivity index (χ3v) is 6.42. The second-order valence-electron chi connectivity index (χ2n) is 8.80. The summed E-state index contributed by atoms with van der Waals surface area (Å²) < 4.78 is 1.65. The standard InChI is InChI=1S/C28H27N3O4/c29-17-19-12-14-20(15-13-19)18-31-24-11-7-2-1-4-10-22(24)16-23(27(31)33)26(32)30-25(28(34)35)21-8-5-3-6-9-21/h3,5-6,8-9,12-16,25H,1-2,4,7,10-11,18H2,(H,30,32)(H,34,35). The van der Waals surface area contributed by atoms with Gasteiger partial charge in [-0.3, -0.25) is 9.59 Å². The van der Waals surface area contributed by atoms with Crippen molar-refractivity contribution < 1.29 is 14.7 Å². The smallest absolute Gasteiger partial charge is 0.330 e. The maximum Gasteiger partial charge on any atom is 0.330 e. The molecule has 178 valence electrons. The van der Waals surface area contributed by atoms with Gasteiger partial charge in [-0.15, -0.1) is 0 Å². The summed E-state index contributed by atoms with van der Waals surface area (Å²) >= 11 is 0.